The second-order valence-corrected chi connectivity index (χ2v) is 6.82. The van der Waals surface area contributed by atoms with Crippen molar-refractivity contribution in [2.75, 3.05) is 0 Å². The molecule has 1 fully saturated rings. The van der Waals surface area contributed by atoms with Crippen LogP contribution in [0, 0.1) is 0 Å². The van der Waals surface area contributed by atoms with Gasteiger partial charge in [-0.25, -0.2) is 4.79 Å². The summed E-state index contributed by atoms with van der Waals surface area (Å²) in [6, 6.07) is 16.2. The number of carboxylic acids is 1. The molecule has 0 aliphatic carbocycles. The molecular formula is C18H13NO3S2. The molecule has 0 radical (unpaired) electrons. The smallest absolute Gasteiger partial charge is 0.336 e. The van der Waals surface area contributed by atoms with E-state index in [1.807, 2.05) is 30.3 Å². The Morgan fingerprint density at radius 3 is 2.50 bits per heavy atom. The van der Waals surface area contributed by atoms with Crippen LogP contribution in [0.4, 0.5) is 0 Å². The Balaban J connectivity index is 1.88. The first-order valence-electron chi connectivity index (χ1n) is 7.18. The molecule has 1 saturated heterocycles. The summed E-state index contributed by atoms with van der Waals surface area (Å²) in [5, 5.41) is 9.25. The molecule has 1 aliphatic heterocycles. The van der Waals surface area contributed by atoms with Crippen LogP contribution in [0.3, 0.4) is 0 Å². The molecule has 1 aliphatic rings. The van der Waals surface area contributed by atoms with Crippen LogP contribution >= 0.6 is 24.0 Å². The van der Waals surface area contributed by atoms with Crippen molar-refractivity contribution >= 4 is 46.3 Å². The van der Waals surface area contributed by atoms with E-state index < -0.39 is 5.97 Å². The maximum Gasteiger partial charge on any atom is 0.336 e. The Hall–Kier alpha value is -2.44. The molecule has 3 rings (SSSR count). The summed E-state index contributed by atoms with van der Waals surface area (Å²) in [6.07, 6.45) is 1.59. The van der Waals surface area contributed by atoms with Crippen molar-refractivity contribution in [1.82, 2.24) is 4.90 Å². The maximum atomic E-state index is 12.6. The van der Waals surface area contributed by atoms with E-state index in [4.69, 9.17) is 12.2 Å². The van der Waals surface area contributed by atoms with E-state index in [-0.39, 0.29) is 11.5 Å². The summed E-state index contributed by atoms with van der Waals surface area (Å²) in [5.74, 6) is -1.23. The quantitative estimate of drug-likeness (QED) is 0.668. The lowest BCUT2D eigenvalue weighted by Gasteiger charge is -2.14. The summed E-state index contributed by atoms with van der Waals surface area (Å²) in [7, 11) is 0. The summed E-state index contributed by atoms with van der Waals surface area (Å²) < 4.78 is 0.475. The maximum absolute atomic E-state index is 12.6. The molecule has 24 heavy (non-hydrogen) atoms. The molecule has 2 aromatic carbocycles. The Labute approximate surface area is 148 Å². The molecule has 1 heterocycles. The van der Waals surface area contributed by atoms with Crippen LogP contribution in [0.1, 0.15) is 21.5 Å². The molecule has 6 heteroatoms. The van der Waals surface area contributed by atoms with Gasteiger partial charge in [0.2, 0.25) is 0 Å². The minimum absolute atomic E-state index is 0.158. The van der Waals surface area contributed by atoms with Crippen LogP contribution in [-0.4, -0.2) is 26.2 Å². The van der Waals surface area contributed by atoms with E-state index in [0.29, 0.717) is 21.3 Å². The van der Waals surface area contributed by atoms with Gasteiger partial charge >= 0.3 is 5.97 Å². The third-order valence-electron chi connectivity index (χ3n) is 3.53. The molecule has 4 nitrogen and oxygen atoms in total. The number of amides is 1. The van der Waals surface area contributed by atoms with Gasteiger partial charge in [-0.3, -0.25) is 9.69 Å². The van der Waals surface area contributed by atoms with E-state index in [1.165, 1.54) is 22.7 Å². The fourth-order valence-corrected chi connectivity index (χ4v) is 3.61. The zero-order valence-electron chi connectivity index (χ0n) is 12.5. The standard InChI is InChI=1S/C18H13NO3S2/c20-16-15(10-13-8-4-5-9-14(13)17(21)22)24-18(23)19(16)11-12-6-2-1-3-7-12/h1-10H,11H2,(H,21,22). The number of thiocarbonyl (C=S) groups is 1. The fourth-order valence-electron chi connectivity index (χ4n) is 2.36. The molecule has 0 aromatic heterocycles. The number of carboxylic acid groups (broad SMARTS) is 1. The SMILES string of the molecule is O=C(O)c1ccccc1C=C1SC(=S)N(Cc2ccccc2)C1=O. The third kappa shape index (κ3) is 3.39. The van der Waals surface area contributed by atoms with Gasteiger partial charge in [-0.2, -0.15) is 0 Å². The number of aromatic carboxylic acids is 1. The number of rotatable bonds is 4. The lowest BCUT2D eigenvalue weighted by atomic mass is 10.1. The van der Waals surface area contributed by atoms with E-state index in [1.54, 1.807) is 24.3 Å². The predicted molar refractivity (Wildman–Crippen MR) is 98.6 cm³/mol. The highest BCUT2D eigenvalue weighted by Crippen LogP contribution is 2.34. The molecule has 0 unspecified atom stereocenters. The van der Waals surface area contributed by atoms with E-state index in [2.05, 4.69) is 0 Å². The first-order valence-corrected chi connectivity index (χ1v) is 8.40. The van der Waals surface area contributed by atoms with Gasteiger partial charge in [0.25, 0.3) is 5.91 Å². The highest BCUT2D eigenvalue weighted by molar-refractivity contribution is 8.26. The minimum Gasteiger partial charge on any atom is -0.478 e. The lowest BCUT2D eigenvalue weighted by molar-refractivity contribution is -0.122. The summed E-state index contributed by atoms with van der Waals surface area (Å²) in [6.45, 7) is 0.406. The number of hydrogen-bond donors (Lipinski definition) is 1. The van der Waals surface area contributed by atoms with Crippen molar-refractivity contribution < 1.29 is 14.7 Å². The van der Waals surface area contributed by atoms with Gasteiger partial charge in [0.1, 0.15) is 4.32 Å². The van der Waals surface area contributed by atoms with Gasteiger partial charge in [-0.1, -0.05) is 72.5 Å². The van der Waals surface area contributed by atoms with E-state index in [0.717, 1.165) is 5.56 Å². The van der Waals surface area contributed by atoms with Crippen LogP contribution in [0.5, 0.6) is 0 Å². The van der Waals surface area contributed by atoms with Crippen molar-refractivity contribution in [1.29, 1.82) is 0 Å². The molecule has 120 valence electrons. The van der Waals surface area contributed by atoms with E-state index >= 15 is 0 Å². The number of benzene rings is 2. The fraction of sp³-hybridized carbons (Fsp3) is 0.0556. The average Bonchev–Trinajstić information content (AvgIpc) is 2.84. The number of hydrogen-bond acceptors (Lipinski definition) is 4. The van der Waals surface area contributed by atoms with Gasteiger partial charge in [-0.05, 0) is 23.3 Å². The molecule has 0 saturated carbocycles. The Morgan fingerprint density at radius 2 is 1.79 bits per heavy atom. The van der Waals surface area contributed by atoms with Crippen LogP contribution < -0.4 is 0 Å². The van der Waals surface area contributed by atoms with Crippen LogP contribution in [0.15, 0.2) is 59.5 Å². The van der Waals surface area contributed by atoms with Crippen molar-refractivity contribution in [2.45, 2.75) is 6.54 Å². The summed E-state index contributed by atoms with van der Waals surface area (Å²) >= 11 is 6.50. The predicted octanol–water partition coefficient (Wildman–Crippen LogP) is 3.79. The monoisotopic (exact) mass is 355 g/mol. The Morgan fingerprint density at radius 1 is 1.12 bits per heavy atom. The highest BCUT2D eigenvalue weighted by atomic mass is 32.2. The first-order chi connectivity index (χ1) is 11.6. The summed E-state index contributed by atoms with van der Waals surface area (Å²) in [5.41, 5.74) is 1.64. The lowest BCUT2D eigenvalue weighted by Crippen LogP contribution is -2.27. The zero-order chi connectivity index (χ0) is 17.1. The number of nitrogens with zero attached hydrogens (tertiary/aromatic N) is 1. The van der Waals surface area contributed by atoms with Gasteiger partial charge in [0.15, 0.2) is 0 Å². The largest absolute Gasteiger partial charge is 0.478 e. The molecule has 1 N–H and O–H groups in total. The minimum atomic E-state index is -1.03. The Bertz CT molecular complexity index is 846. The van der Waals surface area contributed by atoms with Gasteiger partial charge < -0.3 is 5.11 Å². The normalized spacial score (nSPS) is 16.0. The molecule has 0 bridgehead atoms. The van der Waals surface area contributed by atoms with Crippen LogP contribution in [0.25, 0.3) is 6.08 Å². The number of carbonyl (C=O) groups is 2. The molecule has 2 aromatic rings. The number of thioether (sulfide) groups is 1. The summed E-state index contributed by atoms with van der Waals surface area (Å²) in [4.78, 5) is 25.9. The van der Waals surface area contributed by atoms with Crippen molar-refractivity contribution in [3.63, 3.8) is 0 Å². The van der Waals surface area contributed by atoms with E-state index in [9.17, 15) is 14.7 Å². The first kappa shape index (κ1) is 16.4. The van der Waals surface area contributed by atoms with Crippen molar-refractivity contribution in [3.05, 3.63) is 76.2 Å². The van der Waals surface area contributed by atoms with Gasteiger partial charge in [0, 0.05) is 0 Å². The van der Waals surface area contributed by atoms with Crippen molar-refractivity contribution in [3.8, 4) is 0 Å². The topological polar surface area (TPSA) is 57.6 Å². The second kappa shape index (κ2) is 6.98. The second-order valence-electron chi connectivity index (χ2n) is 5.15. The van der Waals surface area contributed by atoms with Crippen molar-refractivity contribution in [2.24, 2.45) is 0 Å². The average molecular weight is 355 g/mol. The molecular weight excluding hydrogens is 342 g/mol. The van der Waals surface area contributed by atoms with Gasteiger partial charge in [-0.15, -0.1) is 0 Å². The molecule has 1 amide bonds. The molecule has 0 spiro atoms. The zero-order valence-corrected chi connectivity index (χ0v) is 14.1. The highest BCUT2D eigenvalue weighted by Gasteiger charge is 2.32. The number of carbonyl (C=O) groups excluding carboxylic acids is 1. The van der Waals surface area contributed by atoms with Gasteiger partial charge in [0.05, 0.1) is 17.0 Å². The van der Waals surface area contributed by atoms with Crippen LogP contribution in [-0.2, 0) is 11.3 Å². The Kier molecular flexibility index (Phi) is 4.78. The van der Waals surface area contributed by atoms with Crippen LogP contribution in [0.2, 0.25) is 0 Å². The molecule has 0 atom stereocenters. The third-order valence-corrected chi connectivity index (χ3v) is 4.91.